The molecule has 6 rings (SSSR count). The van der Waals surface area contributed by atoms with Gasteiger partial charge in [-0.2, -0.15) is 0 Å². The van der Waals surface area contributed by atoms with E-state index in [0.29, 0.717) is 5.92 Å². The van der Waals surface area contributed by atoms with E-state index in [0.717, 1.165) is 6.42 Å². The van der Waals surface area contributed by atoms with E-state index in [1.54, 1.807) is 0 Å². The van der Waals surface area contributed by atoms with Gasteiger partial charge in [0.1, 0.15) is 0 Å². The van der Waals surface area contributed by atoms with Gasteiger partial charge in [-0.05, 0) is 0 Å². The first-order valence-electron chi connectivity index (χ1n) is 13.1. The Morgan fingerprint density at radius 2 is 1.30 bits per heavy atom. The molecule has 5 heteroatoms. The molecule has 188 valence electrons. The Balaban J connectivity index is 1.54. The Morgan fingerprint density at radius 1 is 0.811 bits per heavy atom. The van der Waals surface area contributed by atoms with Gasteiger partial charge < -0.3 is 0 Å². The van der Waals surface area contributed by atoms with Crippen LogP contribution < -0.4 is 10.7 Å². The molecule has 0 N–H and O–H groups in total. The number of carbonyl (C=O) groups excluding carboxylic acids is 2. The maximum absolute atomic E-state index is 14.1. The Bertz CT molecular complexity index is 1220. The van der Waals surface area contributed by atoms with Gasteiger partial charge in [0.2, 0.25) is 0 Å². The summed E-state index contributed by atoms with van der Waals surface area (Å²) in [5.41, 5.74) is -0.533. The molecule has 0 aromatic heterocycles. The zero-order valence-electron chi connectivity index (χ0n) is 21.2. The molecule has 0 radical (unpaired) electrons. The number of hydrogen-bond acceptors (Lipinski definition) is 4. The first-order valence-corrected chi connectivity index (χ1v) is 19.1. The third-order valence-corrected chi connectivity index (χ3v) is 24.4. The molecule has 5 atom stereocenters. The van der Waals surface area contributed by atoms with Crippen LogP contribution in [0.25, 0.3) is 0 Å². The summed E-state index contributed by atoms with van der Waals surface area (Å²) < 4.78 is 15.6. The van der Waals surface area contributed by atoms with E-state index in [-0.39, 0.29) is 28.3 Å². The molecule has 0 amide bonds. The van der Waals surface area contributed by atoms with Crippen LogP contribution in [0.15, 0.2) is 103 Å². The number of fused-ring (bicyclic) bond motifs is 2. The van der Waals surface area contributed by atoms with Crippen molar-refractivity contribution in [3.05, 3.63) is 103 Å². The topological polar surface area (TPSA) is 52.6 Å². The Kier molecular flexibility index (Phi) is 6.26. The standard InChI is InChI=1S/C14H17O4.3C6H5.Sn/c1-14(2)7-17-13(16)11(14)18-12(15)10-6-8-3-4-9(10)5-8;3*1-2-4-6-5-3-1;/h3-4,6,8-11H,5,7H2,1-2H3;3*1-5H;/t8-,9+,10-,11-;;;;/m0..../s1. The van der Waals surface area contributed by atoms with E-state index in [2.05, 4.69) is 103 Å². The van der Waals surface area contributed by atoms with Crippen molar-refractivity contribution in [2.75, 3.05) is 6.61 Å². The average molecular weight is 599 g/mol. The third kappa shape index (κ3) is 3.95. The first kappa shape index (κ1) is 24.5. The molecular formula is C32H32O4Sn. The van der Waals surface area contributed by atoms with E-state index in [9.17, 15) is 9.59 Å². The van der Waals surface area contributed by atoms with E-state index in [1.165, 1.54) is 10.7 Å². The summed E-state index contributed by atoms with van der Waals surface area (Å²) in [6.45, 7) is 4.12. The zero-order valence-corrected chi connectivity index (χ0v) is 24.1. The van der Waals surface area contributed by atoms with Gasteiger partial charge in [-0.25, -0.2) is 0 Å². The molecule has 0 spiro atoms. The summed E-state index contributed by atoms with van der Waals surface area (Å²) in [6.07, 6.45) is 4.64. The number of hydrogen-bond donors (Lipinski definition) is 0. The monoisotopic (exact) mass is 600 g/mol. The number of esters is 2. The normalized spacial score (nSPS) is 27.7. The van der Waals surface area contributed by atoms with Gasteiger partial charge in [0, 0.05) is 0 Å². The molecule has 3 aromatic carbocycles. The second-order valence-corrected chi connectivity index (χ2v) is 22.8. The van der Waals surface area contributed by atoms with Crippen LogP contribution in [0.4, 0.5) is 0 Å². The fraction of sp³-hybridized carbons (Fsp3) is 0.312. The molecule has 0 unspecified atom stereocenters. The Morgan fingerprint density at radius 3 is 1.76 bits per heavy atom. The quantitative estimate of drug-likeness (QED) is 0.246. The van der Waals surface area contributed by atoms with E-state index < -0.39 is 35.9 Å². The van der Waals surface area contributed by atoms with Gasteiger partial charge in [0.15, 0.2) is 0 Å². The minimum absolute atomic E-state index is 0.121. The van der Waals surface area contributed by atoms with Gasteiger partial charge >= 0.3 is 223 Å². The van der Waals surface area contributed by atoms with Crippen LogP contribution in [0.3, 0.4) is 0 Å². The Hall–Kier alpha value is -2.86. The third-order valence-electron chi connectivity index (χ3n) is 8.66. The summed E-state index contributed by atoms with van der Waals surface area (Å²) in [5, 5.41) is 0. The van der Waals surface area contributed by atoms with Crippen LogP contribution in [0, 0.1) is 23.2 Å². The second-order valence-electron chi connectivity index (χ2n) is 11.3. The van der Waals surface area contributed by atoms with Gasteiger partial charge in [0.25, 0.3) is 0 Å². The van der Waals surface area contributed by atoms with Crippen molar-refractivity contribution in [2.24, 2.45) is 23.2 Å². The predicted octanol–water partition coefficient (Wildman–Crippen LogP) is 3.84. The summed E-state index contributed by atoms with van der Waals surface area (Å²) in [7, 11) is 0. The number of benzene rings is 3. The molecule has 3 aliphatic rings. The molecular weight excluding hydrogens is 567 g/mol. The molecule has 4 nitrogen and oxygen atoms in total. The van der Waals surface area contributed by atoms with Crippen molar-refractivity contribution in [2.45, 2.75) is 30.3 Å². The van der Waals surface area contributed by atoms with Crippen LogP contribution in [-0.2, 0) is 19.1 Å². The summed E-state index contributed by atoms with van der Waals surface area (Å²) in [6, 6.07) is 32.6. The van der Waals surface area contributed by atoms with Crippen molar-refractivity contribution in [1.29, 1.82) is 0 Å². The number of cyclic esters (lactones) is 1. The number of allylic oxidation sites excluding steroid dienone is 2. The van der Waals surface area contributed by atoms with E-state index in [4.69, 9.17) is 9.47 Å². The molecule has 37 heavy (non-hydrogen) atoms. The maximum atomic E-state index is 14.1. The molecule has 2 bridgehead atoms. The van der Waals surface area contributed by atoms with Crippen molar-refractivity contribution in [3.8, 4) is 0 Å². The summed E-state index contributed by atoms with van der Waals surface area (Å²) >= 11 is -3.86. The summed E-state index contributed by atoms with van der Waals surface area (Å²) in [5.74, 6) is -0.562. The van der Waals surface area contributed by atoms with E-state index >= 15 is 0 Å². The van der Waals surface area contributed by atoms with Crippen molar-refractivity contribution >= 4 is 41.1 Å². The first-order chi connectivity index (χ1) is 17.9. The molecule has 1 saturated heterocycles. The van der Waals surface area contributed by atoms with Crippen LogP contribution in [0.1, 0.15) is 20.3 Å². The van der Waals surface area contributed by atoms with Crippen molar-refractivity contribution in [1.82, 2.24) is 0 Å². The zero-order chi connectivity index (χ0) is 25.6. The molecule has 2 fully saturated rings. The second kappa shape index (κ2) is 9.46. The van der Waals surface area contributed by atoms with Crippen LogP contribution >= 0.6 is 0 Å². The molecule has 1 heterocycles. The van der Waals surface area contributed by atoms with Crippen LogP contribution in [0.5, 0.6) is 0 Å². The van der Waals surface area contributed by atoms with Gasteiger partial charge in [-0.15, -0.1) is 0 Å². The van der Waals surface area contributed by atoms with Gasteiger partial charge in [-0.3, -0.25) is 0 Å². The molecule has 1 saturated carbocycles. The van der Waals surface area contributed by atoms with Crippen LogP contribution in [0.2, 0.25) is 3.93 Å². The number of rotatable bonds is 6. The SMILES string of the molecule is CC1(C)COC(=O)[C@@H]1OC(=O)[C@H]1[C@H]([Sn]([c]2ccccc2)([c]2ccccc2)[c]2ccccc2)[C@H]2C=C[C@@H]1C2. The number of carbonyl (C=O) groups is 2. The van der Waals surface area contributed by atoms with Crippen LogP contribution in [-0.4, -0.2) is 43.0 Å². The molecule has 1 aliphatic heterocycles. The van der Waals surface area contributed by atoms with Crippen molar-refractivity contribution < 1.29 is 19.1 Å². The summed E-state index contributed by atoms with van der Waals surface area (Å²) in [4.78, 5) is 26.7. The Labute approximate surface area is 222 Å². The minimum atomic E-state index is -3.86. The predicted molar refractivity (Wildman–Crippen MR) is 147 cm³/mol. The van der Waals surface area contributed by atoms with Gasteiger partial charge in [0.05, 0.1) is 0 Å². The average Bonchev–Trinajstić information content (AvgIpc) is 3.62. The molecule has 2 aliphatic carbocycles. The van der Waals surface area contributed by atoms with E-state index in [1.807, 2.05) is 13.8 Å². The molecule has 3 aromatic rings. The fourth-order valence-electron chi connectivity index (χ4n) is 7.04. The number of ether oxygens (including phenoxy) is 2. The van der Waals surface area contributed by atoms with Crippen molar-refractivity contribution in [3.63, 3.8) is 0 Å². The van der Waals surface area contributed by atoms with Gasteiger partial charge in [-0.1, -0.05) is 0 Å². The fourth-order valence-corrected chi connectivity index (χ4v) is 24.5.